The van der Waals surface area contributed by atoms with Crippen molar-refractivity contribution in [3.63, 3.8) is 0 Å². The molecule has 2 aliphatic carbocycles. The lowest BCUT2D eigenvalue weighted by Gasteiger charge is -2.55. The average molecular weight is 267 g/mol. The Bertz CT molecular complexity index is 401. The van der Waals surface area contributed by atoms with Crippen molar-refractivity contribution < 1.29 is 20.1 Å². The van der Waals surface area contributed by atoms with E-state index in [0.29, 0.717) is 12.8 Å². The summed E-state index contributed by atoms with van der Waals surface area (Å²) in [5.41, 5.74) is -0.961. The maximum absolute atomic E-state index is 11.0. The number of aliphatic hydroxyl groups is 2. The van der Waals surface area contributed by atoms with E-state index in [4.69, 9.17) is 0 Å². The molecule has 108 valence electrons. The van der Waals surface area contributed by atoms with Crippen molar-refractivity contribution in [2.24, 2.45) is 17.3 Å². The van der Waals surface area contributed by atoms with Gasteiger partial charge in [0, 0.05) is 5.92 Å². The first-order valence-electron chi connectivity index (χ1n) is 6.98. The molecule has 0 heterocycles. The van der Waals surface area contributed by atoms with E-state index in [-0.39, 0.29) is 16.9 Å². The summed E-state index contributed by atoms with van der Waals surface area (Å²) in [7, 11) is 0. The van der Waals surface area contributed by atoms with Crippen molar-refractivity contribution in [1.82, 2.24) is 0 Å². The van der Waals surface area contributed by atoms with Crippen LogP contribution in [0.25, 0.3) is 0 Å². The third-order valence-electron chi connectivity index (χ3n) is 5.36. The average Bonchev–Trinajstić information content (AvgIpc) is 2.26. The predicted octanol–water partition coefficient (Wildman–Crippen LogP) is 0.621. The first-order valence-corrected chi connectivity index (χ1v) is 6.98. The van der Waals surface area contributed by atoms with Crippen LogP contribution < -0.4 is 5.11 Å². The number of hydrogen-bond donors (Lipinski definition) is 2. The molecule has 0 aliphatic heterocycles. The molecular formula is C15H23O4-. The van der Waals surface area contributed by atoms with Gasteiger partial charge in [0.2, 0.25) is 0 Å². The van der Waals surface area contributed by atoms with Gasteiger partial charge in [0.05, 0.1) is 17.7 Å². The predicted molar refractivity (Wildman–Crippen MR) is 68.9 cm³/mol. The Morgan fingerprint density at radius 2 is 2.00 bits per heavy atom. The first-order chi connectivity index (χ1) is 8.67. The summed E-state index contributed by atoms with van der Waals surface area (Å²) in [5.74, 6) is -1.81. The molecule has 0 spiro atoms. The van der Waals surface area contributed by atoms with Crippen LogP contribution >= 0.6 is 0 Å². The SMILES string of the molecule is C=C(C(=O)[O-])[C@H]1CC2C(C)(O)CCC[C@]2(C)C[C@H]1O. The number of aliphatic hydroxyl groups excluding tert-OH is 1. The summed E-state index contributed by atoms with van der Waals surface area (Å²) >= 11 is 0. The molecule has 4 heteroatoms. The van der Waals surface area contributed by atoms with Crippen LogP contribution in [0.2, 0.25) is 0 Å². The van der Waals surface area contributed by atoms with Crippen LogP contribution in [0.15, 0.2) is 12.2 Å². The third-order valence-corrected chi connectivity index (χ3v) is 5.36. The van der Waals surface area contributed by atoms with Crippen LogP contribution in [0.4, 0.5) is 0 Å². The van der Waals surface area contributed by atoms with Crippen LogP contribution in [-0.2, 0) is 4.79 Å². The molecule has 19 heavy (non-hydrogen) atoms. The topological polar surface area (TPSA) is 80.6 Å². The van der Waals surface area contributed by atoms with Crippen LogP contribution in [-0.4, -0.2) is 27.9 Å². The summed E-state index contributed by atoms with van der Waals surface area (Å²) in [4.78, 5) is 11.0. The monoisotopic (exact) mass is 267 g/mol. The third kappa shape index (κ3) is 2.43. The van der Waals surface area contributed by atoms with E-state index in [9.17, 15) is 20.1 Å². The molecule has 0 aromatic rings. The Kier molecular flexibility index (Phi) is 3.52. The van der Waals surface area contributed by atoms with Gasteiger partial charge in [-0.05, 0) is 49.5 Å². The Labute approximate surface area is 114 Å². The first kappa shape index (κ1) is 14.5. The van der Waals surface area contributed by atoms with E-state index in [0.717, 1.165) is 19.3 Å². The molecule has 5 atom stereocenters. The van der Waals surface area contributed by atoms with Crippen LogP contribution in [0.3, 0.4) is 0 Å². The molecule has 2 saturated carbocycles. The summed E-state index contributed by atoms with van der Waals surface area (Å²) in [6.07, 6.45) is 2.92. The maximum atomic E-state index is 11.0. The highest BCUT2D eigenvalue weighted by atomic mass is 16.4. The molecule has 0 amide bonds. The van der Waals surface area contributed by atoms with Crippen molar-refractivity contribution in [3.05, 3.63) is 12.2 Å². The molecular weight excluding hydrogens is 244 g/mol. The minimum absolute atomic E-state index is 0.00162. The fourth-order valence-corrected chi connectivity index (χ4v) is 4.29. The molecule has 0 aromatic carbocycles. The molecule has 4 nitrogen and oxygen atoms in total. The number of aliphatic carboxylic acids is 1. The van der Waals surface area contributed by atoms with Gasteiger partial charge in [-0.1, -0.05) is 19.9 Å². The molecule has 0 aromatic heterocycles. The second-order valence-electron chi connectivity index (χ2n) is 6.84. The quantitative estimate of drug-likeness (QED) is 0.719. The minimum Gasteiger partial charge on any atom is -0.545 e. The lowest BCUT2D eigenvalue weighted by Crippen LogP contribution is -2.55. The van der Waals surface area contributed by atoms with Gasteiger partial charge in [-0.15, -0.1) is 0 Å². The fraction of sp³-hybridized carbons (Fsp3) is 0.800. The molecule has 0 saturated heterocycles. The van der Waals surface area contributed by atoms with E-state index in [1.54, 1.807) is 0 Å². The lowest BCUT2D eigenvalue weighted by molar-refractivity contribution is -0.300. The summed E-state index contributed by atoms with van der Waals surface area (Å²) in [5, 5.41) is 31.8. The molecule has 0 bridgehead atoms. The standard InChI is InChI=1S/C15H24O4/c1-9(13(17)18)10-7-12-14(2,8-11(10)16)5-4-6-15(12,3)19/h10-12,16,19H,1,4-8H2,2-3H3,(H,17,18)/p-1/t10-,11-,12?,14-,15?/m1/s1. The number of carboxylic acids is 1. The zero-order chi connectivity index (χ0) is 14.4. The normalized spacial score (nSPS) is 46.4. The fourth-order valence-electron chi connectivity index (χ4n) is 4.29. The number of carboxylic acid groups (broad SMARTS) is 1. The van der Waals surface area contributed by atoms with Crippen molar-refractivity contribution in [3.8, 4) is 0 Å². The van der Waals surface area contributed by atoms with E-state index in [2.05, 4.69) is 13.5 Å². The largest absolute Gasteiger partial charge is 0.545 e. The van der Waals surface area contributed by atoms with Gasteiger partial charge < -0.3 is 20.1 Å². The number of fused-ring (bicyclic) bond motifs is 1. The maximum Gasteiger partial charge on any atom is 0.0672 e. The van der Waals surface area contributed by atoms with Gasteiger partial charge >= 0.3 is 0 Å². The summed E-state index contributed by atoms with van der Waals surface area (Å²) in [6, 6.07) is 0. The van der Waals surface area contributed by atoms with Gasteiger partial charge in [-0.3, -0.25) is 0 Å². The highest BCUT2D eigenvalue weighted by molar-refractivity contribution is 5.84. The lowest BCUT2D eigenvalue weighted by atomic mass is 9.52. The second-order valence-corrected chi connectivity index (χ2v) is 6.84. The van der Waals surface area contributed by atoms with Crippen LogP contribution in [0.1, 0.15) is 46.0 Å². The van der Waals surface area contributed by atoms with E-state index < -0.39 is 23.6 Å². The molecule has 0 radical (unpaired) electrons. The Morgan fingerprint density at radius 3 is 2.58 bits per heavy atom. The molecule has 2 aliphatic rings. The van der Waals surface area contributed by atoms with Crippen molar-refractivity contribution >= 4 is 5.97 Å². The number of carbonyl (C=O) groups is 1. The smallest absolute Gasteiger partial charge is 0.0672 e. The molecule has 2 N–H and O–H groups in total. The molecule has 2 rings (SSSR count). The molecule has 2 unspecified atom stereocenters. The van der Waals surface area contributed by atoms with E-state index in [1.165, 1.54) is 0 Å². The van der Waals surface area contributed by atoms with Gasteiger partial charge in [0.1, 0.15) is 0 Å². The van der Waals surface area contributed by atoms with Crippen molar-refractivity contribution in [2.45, 2.75) is 57.7 Å². The van der Waals surface area contributed by atoms with E-state index in [1.807, 2.05) is 6.92 Å². The van der Waals surface area contributed by atoms with Crippen molar-refractivity contribution in [1.29, 1.82) is 0 Å². The second kappa shape index (κ2) is 4.60. The van der Waals surface area contributed by atoms with Gasteiger partial charge in [0.25, 0.3) is 0 Å². The van der Waals surface area contributed by atoms with E-state index >= 15 is 0 Å². The molecule has 2 fully saturated rings. The summed E-state index contributed by atoms with van der Waals surface area (Å²) < 4.78 is 0. The minimum atomic E-state index is -1.30. The number of hydrogen-bond acceptors (Lipinski definition) is 4. The highest BCUT2D eigenvalue weighted by Gasteiger charge is 2.53. The van der Waals surface area contributed by atoms with Gasteiger partial charge in [-0.25, -0.2) is 0 Å². The Morgan fingerprint density at radius 1 is 1.37 bits per heavy atom. The highest BCUT2D eigenvalue weighted by Crippen LogP contribution is 2.56. The van der Waals surface area contributed by atoms with Crippen LogP contribution in [0.5, 0.6) is 0 Å². The zero-order valence-corrected chi connectivity index (χ0v) is 11.7. The Balaban J connectivity index is 2.27. The van der Waals surface area contributed by atoms with Gasteiger partial charge in [-0.2, -0.15) is 0 Å². The number of rotatable bonds is 2. The van der Waals surface area contributed by atoms with Crippen LogP contribution in [0, 0.1) is 17.3 Å². The number of carbonyl (C=O) groups excluding carboxylic acids is 1. The zero-order valence-electron chi connectivity index (χ0n) is 11.7. The summed E-state index contributed by atoms with van der Waals surface area (Å²) in [6.45, 7) is 7.45. The van der Waals surface area contributed by atoms with Gasteiger partial charge in [0.15, 0.2) is 0 Å². The Hall–Kier alpha value is -0.870. The van der Waals surface area contributed by atoms with Crippen molar-refractivity contribution in [2.75, 3.05) is 0 Å².